The number of halogens is 3. The Morgan fingerprint density at radius 1 is 1.12 bits per heavy atom. The van der Waals surface area contributed by atoms with E-state index in [1.807, 2.05) is 29.2 Å². The lowest BCUT2D eigenvalue weighted by molar-refractivity contribution is -0.128. The number of piperazine rings is 1. The number of carbonyl (C=O) groups is 1. The van der Waals surface area contributed by atoms with Crippen molar-refractivity contribution in [3.8, 4) is 29.6 Å². The molecule has 6 heterocycles. The highest BCUT2D eigenvalue weighted by Gasteiger charge is 2.49. The topological polar surface area (TPSA) is 101 Å². The molecule has 3 aliphatic heterocycles. The molecule has 5 aromatic rings. The molecule has 8 rings (SSSR count). The molecule has 0 aliphatic carbocycles. The van der Waals surface area contributed by atoms with Crippen LogP contribution in [0.4, 0.5) is 19.0 Å². The van der Waals surface area contributed by atoms with Gasteiger partial charge in [-0.1, -0.05) is 36.3 Å². The lowest BCUT2D eigenvalue weighted by Gasteiger charge is -2.35. The highest BCUT2D eigenvalue weighted by molar-refractivity contribution is 6.02. The first-order valence-corrected chi connectivity index (χ1v) is 16.5. The molecule has 0 spiro atoms. The number of aromatic nitrogens is 4. The van der Waals surface area contributed by atoms with E-state index < -0.39 is 29.3 Å². The summed E-state index contributed by atoms with van der Waals surface area (Å²) in [5.41, 5.74) is 0.726. The number of pyridine rings is 1. The first-order valence-electron chi connectivity index (χ1n) is 16.5. The molecule has 3 saturated heterocycles. The Morgan fingerprint density at radius 2 is 1.94 bits per heavy atom. The first kappa shape index (κ1) is 31.8. The minimum absolute atomic E-state index is 0.000749. The van der Waals surface area contributed by atoms with Crippen LogP contribution in [0.5, 0.6) is 6.01 Å². The Bertz CT molecular complexity index is 2170. The van der Waals surface area contributed by atoms with Gasteiger partial charge in [-0.25, -0.2) is 18.2 Å². The van der Waals surface area contributed by atoms with Gasteiger partial charge in [0, 0.05) is 67.9 Å². The third kappa shape index (κ3) is 5.59. The second kappa shape index (κ2) is 12.8. The number of hydrogen-bond donors (Lipinski definition) is 0. The Hall–Kier alpha value is -5.48. The number of amides is 1. The van der Waals surface area contributed by atoms with E-state index in [-0.39, 0.29) is 55.9 Å². The molecule has 10 nitrogen and oxygen atoms in total. The second-order valence-electron chi connectivity index (χ2n) is 12.9. The molecule has 0 saturated carbocycles. The van der Waals surface area contributed by atoms with Gasteiger partial charge in [-0.15, -0.1) is 6.42 Å². The summed E-state index contributed by atoms with van der Waals surface area (Å²) in [6.45, 7) is 2.18. The zero-order valence-corrected chi connectivity index (χ0v) is 27.0. The fourth-order valence-corrected chi connectivity index (χ4v) is 7.57. The normalized spacial score (nSPS) is 21.2. The van der Waals surface area contributed by atoms with Crippen LogP contribution in [0.25, 0.3) is 39.0 Å². The zero-order chi connectivity index (χ0) is 34.4. The quantitative estimate of drug-likeness (QED) is 0.162. The number of alkyl halides is 1. The van der Waals surface area contributed by atoms with Crippen molar-refractivity contribution >= 4 is 39.5 Å². The van der Waals surface area contributed by atoms with Gasteiger partial charge >= 0.3 is 6.01 Å². The first-order chi connectivity index (χ1) is 24.3. The van der Waals surface area contributed by atoms with Gasteiger partial charge in [0.15, 0.2) is 11.6 Å². The van der Waals surface area contributed by atoms with Gasteiger partial charge in [0.2, 0.25) is 5.89 Å². The third-order valence-corrected chi connectivity index (χ3v) is 9.96. The molecule has 3 aliphatic rings. The van der Waals surface area contributed by atoms with E-state index >= 15 is 4.39 Å². The zero-order valence-electron chi connectivity index (χ0n) is 27.0. The molecule has 2 aromatic carbocycles. The van der Waals surface area contributed by atoms with Crippen molar-refractivity contribution in [1.82, 2.24) is 29.7 Å². The van der Waals surface area contributed by atoms with Crippen molar-refractivity contribution in [2.24, 2.45) is 0 Å². The van der Waals surface area contributed by atoms with E-state index in [0.717, 1.165) is 30.8 Å². The van der Waals surface area contributed by atoms with Crippen molar-refractivity contribution < 1.29 is 27.1 Å². The number of ether oxygens (including phenoxy) is 1. The molecule has 0 bridgehead atoms. The highest BCUT2D eigenvalue weighted by Crippen LogP contribution is 2.41. The molecular formula is C37H32F3N7O3. The number of oxazole rings is 1. The fraction of sp³-hybridized carbons (Fsp3) is 0.324. The van der Waals surface area contributed by atoms with Gasteiger partial charge in [-0.05, 0) is 30.8 Å². The van der Waals surface area contributed by atoms with E-state index in [1.54, 1.807) is 12.1 Å². The van der Waals surface area contributed by atoms with E-state index in [0.29, 0.717) is 40.7 Å². The standard InChI is InChI=1S/C37H32F3N7O3/c1-2-23-6-3-7-24-8-4-9-26(30(23)24)32-31(40)33-27(20-42-32)34(44-36(43-33)50-22-37-10-5-12-47(37)21-25(38)19-37)45-13-15-46(16-14-45)35(48)28(39)18-29-41-11-17-49-29/h1,3-4,6-9,11,17-18,20,25H,5,10,12-16,19,21-22H2/b28-18-/t25?,37-/m0/s1. The van der Waals surface area contributed by atoms with Gasteiger partial charge in [0.25, 0.3) is 5.91 Å². The molecule has 1 unspecified atom stereocenters. The molecule has 2 atom stereocenters. The maximum absolute atomic E-state index is 16.8. The van der Waals surface area contributed by atoms with E-state index in [2.05, 4.69) is 25.8 Å². The summed E-state index contributed by atoms with van der Waals surface area (Å²) in [5.74, 6) is 0.591. The number of rotatable bonds is 7. The average molecular weight is 680 g/mol. The molecule has 0 N–H and O–H groups in total. The Balaban J connectivity index is 1.16. The average Bonchev–Trinajstić information content (AvgIpc) is 3.86. The number of carbonyl (C=O) groups excluding carboxylic acids is 1. The van der Waals surface area contributed by atoms with Crippen molar-refractivity contribution in [3.63, 3.8) is 0 Å². The SMILES string of the molecule is C#Cc1cccc2cccc(-c3ncc4c(N5CCN(C(=O)/C(F)=C/c6ncco6)CC5)nc(OC[C@@]56CCCN5CC(F)C6)nc4c3F)c12. The van der Waals surface area contributed by atoms with Crippen LogP contribution in [0.3, 0.4) is 0 Å². The van der Waals surface area contributed by atoms with Crippen LogP contribution in [-0.2, 0) is 4.79 Å². The molecule has 1 amide bonds. The van der Waals surface area contributed by atoms with Crippen molar-refractivity contribution in [3.05, 3.63) is 78.2 Å². The smallest absolute Gasteiger partial charge is 0.319 e. The summed E-state index contributed by atoms with van der Waals surface area (Å²) in [6.07, 6.45) is 12.1. The van der Waals surface area contributed by atoms with Crippen LogP contribution in [0.2, 0.25) is 0 Å². The monoisotopic (exact) mass is 679 g/mol. The summed E-state index contributed by atoms with van der Waals surface area (Å²) in [7, 11) is 0. The van der Waals surface area contributed by atoms with Crippen LogP contribution in [0.15, 0.2) is 65.3 Å². The third-order valence-electron chi connectivity index (χ3n) is 9.96. The van der Waals surface area contributed by atoms with Crippen LogP contribution in [0.1, 0.15) is 30.7 Å². The highest BCUT2D eigenvalue weighted by atomic mass is 19.1. The Kier molecular flexibility index (Phi) is 8.11. The maximum atomic E-state index is 16.8. The number of hydrogen-bond acceptors (Lipinski definition) is 9. The maximum Gasteiger partial charge on any atom is 0.319 e. The number of nitrogens with zero attached hydrogens (tertiary/aromatic N) is 7. The lowest BCUT2D eigenvalue weighted by Crippen LogP contribution is -2.49. The second-order valence-corrected chi connectivity index (χ2v) is 12.9. The largest absolute Gasteiger partial charge is 0.461 e. The molecule has 3 fully saturated rings. The van der Waals surface area contributed by atoms with Crippen LogP contribution in [0, 0.1) is 18.2 Å². The van der Waals surface area contributed by atoms with Gasteiger partial charge in [0.1, 0.15) is 36.1 Å². The minimum atomic E-state index is -0.993. The Morgan fingerprint density at radius 3 is 2.72 bits per heavy atom. The summed E-state index contributed by atoms with van der Waals surface area (Å²) in [6, 6.07) is 11.0. The van der Waals surface area contributed by atoms with Gasteiger partial charge in [0.05, 0.1) is 17.1 Å². The molecule has 50 heavy (non-hydrogen) atoms. The fourth-order valence-electron chi connectivity index (χ4n) is 7.57. The molecule has 3 aromatic heterocycles. The van der Waals surface area contributed by atoms with Crippen LogP contribution in [-0.4, -0.2) is 93.2 Å². The lowest BCUT2D eigenvalue weighted by atomic mass is 9.95. The van der Waals surface area contributed by atoms with Gasteiger partial charge < -0.3 is 19.0 Å². The summed E-state index contributed by atoms with van der Waals surface area (Å²) in [5, 5.41) is 1.88. The van der Waals surface area contributed by atoms with Crippen molar-refractivity contribution in [2.45, 2.75) is 31.0 Å². The van der Waals surface area contributed by atoms with Gasteiger partial charge in [-0.3, -0.25) is 14.7 Å². The minimum Gasteiger partial charge on any atom is -0.461 e. The summed E-state index contributed by atoms with van der Waals surface area (Å²) >= 11 is 0. The van der Waals surface area contributed by atoms with E-state index in [9.17, 15) is 13.6 Å². The predicted octanol–water partition coefficient (Wildman–Crippen LogP) is 5.57. The summed E-state index contributed by atoms with van der Waals surface area (Å²) in [4.78, 5) is 35.9. The molecule has 254 valence electrons. The molecular weight excluding hydrogens is 647 g/mol. The van der Waals surface area contributed by atoms with E-state index in [4.69, 9.17) is 20.6 Å². The summed E-state index contributed by atoms with van der Waals surface area (Å²) < 4.78 is 57.3. The Labute approximate surface area is 285 Å². The predicted molar refractivity (Wildman–Crippen MR) is 181 cm³/mol. The number of fused-ring (bicyclic) bond motifs is 3. The number of anilines is 1. The van der Waals surface area contributed by atoms with E-state index in [1.165, 1.54) is 23.6 Å². The molecule has 13 heteroatoms. The van der Waals surface area contributed by atoms with Crippen LogP contribution < -0.4 is 9.64 Å². The van der Waals surface area contributed by atoms with Crippen molar-refractivity contribution in [1.29, 1.82) is 0 Å². The van der Waals surface area contributed by atoms with Crippen LogP contribution >= 0.6 is 0 Å². The number of benzene rings is 2. The van der Waals surface area contributed by atoms with Crippen molar-refractivity contribution in [2.75, 3.05) is 50.8 Å². The number of terminal acetylenes is 1. The van der Waals surface area contributed by atoms with Gasteiger partial charge in [-0.2, -0.15) is 9.97 Å². The molecule has 0 radical (unpaired) electrons.